The molecule has 2 unspecified atom stereocenters. The first-order chi connectivity index (χ1) is 9.11. The fourth-order valence-corrected chi connectivity index (χ4v) is 3.30. The van der Waals surface area contributed by atoms with E-state index in [1.165, 1.54) is 19.3 Å². The van der Waals surface area contributed by atoms with Crippen LogP contribution >= 0.6 is 23.2 Å². The van der Waals surface area contributed by atoms with Gasteiger partial charge in [-0.2, -0.15) is 0 Å². The zero-order chi connectivity index (χ0) is 13.8. The number of benzene rings is 1. The molecular weight excluding hydrogens is 279 g/mol. The summed E-state index contributed by atoms with van der Waals surface area (Å²) in [6.45, 7) is 6.63. The topological polar surface area (TPSA) is 15.3 Å². The third-order valence-corrected chi connectivity index (χ3v) is 4.32. The maximum absolute atomic E-state index is 6.31. The van der Waals surface area contributed by atoms with Crippen LogP contribution in [0.5, 0.6) is 0 Å². The third kappa shape index (κ3) is 3.77. The van der Waals surface area contributed by atoms with Crippen LogP contribution in [0.25, 0.3) is 0 Å². The average Bonchev–Trinajstić information content (AvgIpc) is 2.37. The molecule has 0 aromatic heterocycles. The van der Waals surface area contributed by atoms with E-state index >= 15 is 0 Å². The van der Waals surface area contributed by atoms with Crippen LogP contribution in [-0.4, -0.2) is 25.2 Å². The smallest absolute Gasteiger partial charge is 0.0654 e. The molecule has 106 valence electrons. The molecule has 2 rings (SSSR count). The Labute approximate surface area is 126 Å². The Bertz CT molecular complexity index is 423. The van der Waals surface area contributed by atoms with Crippen molar-refractivity contribution in [3.8, 4) is 0 Å². The van der Waals surface area contributed by atoms with E-state index in [-0.39, 0.29) is 0 Å². The van der Waals surface area contributed by atoms with Crippen LogP contribution in [0.3, 0.4) is 0 Å². The van der Waals surface area contributed by atoms with Gasteiger partial charge in [0.25, 0.3) is 0 Å². The van der Waals surface area contributed by atoms with Crippen molar-refractivity contribution in [3.63, 3.8) is 0 Å². The molecule has 1 N–H and O–H groups in total. The molecule has 0 aliphatic carbocycles. The summed E-state index contributed by atoms with van der Waals surface area (Å²) >= 11 is 12.3. The summed E-state index contributed by atoms with van der Waals surface area (Å²) in [5.74, 6) is 0. The van der Waals surface area contributed by atoms with Gasteiger partial charge in [0.15, 0.2) is 0 Å². The number of nitrogens with one attached hydrogen (secondary N) is 1. The Balaban J connectivity index is 2.03. The molecule has 1 aromatic rings. The number of hydrogen-bond acceptors (Lipinski definition) is 2. The van der Waals surface area contributed by atoms with Crippen molar-refractivity contribution < 1.29 is 0 Å². The van der Waals surface area contributed by atoms with Gasteiger partial charge in [-0.15, -0.1) is 0 Å². The van der Waals surface area contributed by atoms with Crippen LogP contribution in [-0.2, 0) is 0 Å². The number of halogens is 2. The lowest BCUT2D eigenvalue weighted by Gasteiger charge is -2.40. The minimum absolute atomic E-state index is 0.502. The highest BCUT2D eigenvalue weighted by Crippen LogP contribution is 2.33. The van der Waals surface area contributed by atoms with Gasteiger partial charge in [-0.1, -0.05) is 30.1 Å². The summed E-state index contributed by atoms with van der Waals surface area (Å²) in [4.78, 5) is 2.39. The van der Waals surface area contributed by atoms with E-state index < -0.39 is 0 Å². The molecule has 2 atom stereocenters. The maximum Gasteiger partial charge on any atom is 0.0654 e. The summed E-state index contributed by atoms with van der Waals surface area (Å²) in [6.07, 6.45) is 3.53. The van der Waals surface area contributed by atoms with Gasteiger partial charge in [0.1, 0.15) is 0 Å². The summed E-state index contributed by atoms with van der Waals surface area (Å²) in [6, 6.07) is 6.91. The predicted octanol–water partition coefficient (Wildman–Crippen LogP) is 4.35. The van der Waals surface area contributed by atoms with Gasteiger partial charge in [0.05, 0.1) is 10.7 Å². The standard InChI is InChI=1S/C15H22Cl2N2/c1-3-7-18-13-6-8-19(11(2)9-13)15-5-4-12(16)10-14(15)17/h4-5,10-11,13,18H,3,6-9H2,1-2H3. The monoisotopic (exact) mass is 300 g/mol. The second kappa shape index (κ2) is 6.83. The lowest BCUT2D eigenvalue weighted by molar-refractivity contribution is 0.369. The number of rotatable bonds is 4. The second-order valence-electron chi connectivity index (χ2n) is 5.31. The number of nitrogens with zero attached hydrogens (tertiary/aromatic N) is 1. The Morgan fingerprint density at radius 1 is 1.37 bits per heavy atom. The normalized spacial score (nSPS) is 23.7. The SMILES string of the molecule is CCCNC1CCN(c2ccc(Cl)cc2Cl)C(C)C1. The van der Waals surface area contributed by atoms with Crippen LogP contribution in [0.2, 0.25) is 10.0 Å². The molecule has 0 spiro atoms. The van der Waals surface area contributed by atoms with E-state index in [1.54, 1.807) is 0 Å². The lowest BCUT2D eigenvalue weighted by Crippen LogP contribution is -2.47. The quantitative estimate of drug-likeness (QED) is 0.889. The summed E-state index contributed by atoms with van der Waals surface area (Å²) < 4.78 is 0. The Morgan fingerprint density at radius 2 is 2.16 bits per heavy atom. The number of anilines is 1. The van der Waals surface area contributed by atoms with Crippen molar-refractivity contribution in [2.45, 2.75) is 45.2 Å². The minimum atomic E-state index is 0.502. The molecule has 2 nitrogen and oxygen atoms in total. The molecule has 1 aromatic carbocycles. The highest BCUT2D eigenvalue weighted by molar-refractivity contribution is 6.36. The van der Waals surface area contributed by atoms with Gasteiger partial charge < -0.3 is 10.2 Å². The van der Waals surface area contributed by atoms with Gasteiger partial charge in [-0.25, -0.2) is 0 Å². The van der Waals surface area contributed by atoms with Crippen LogP contribution in [0, 0.1) is 0 Å². The average molecular weight is 301 g/mol. The largest absolute Gasteiger partial charge is 0.368 e. The van der Waals surface area contributed by atoms with Gasteiger partial charge >= 0.3 is 0 Å². The van der Waals surface area contributed by atoms with E-state index in [0.29, 0.717) is 17.1 Å². The Hall–Kier alpha value is -0.440. The molecule has 19 heavy (non-hydrogen) atoms. The van der Waals surface area contributed by atoms with Crippen LogP contribution in [0.4, 0.5) is 5.69 Å². The van der Waals surface area contributed by atoms with E-state index in [0.717, 1.165) is 23.8 Å². The lowest BCUT2D eigenvalue weighted by atomic mass is 9.97. The van der Waals surface area contributed by atoms with Crippen LogP contribution in [0.15, 0.2) is 18.2 Å². The summed E-state index contributed by atoms with van der Waals surface area (Å²) in [5, 5.41) is 5.06. The second-order valence-corrected chi connectivity index (χ2v) is 6.16. The first-order valence-electron chi connectivity index (χ1n) is 7.07. The molecule has 4 heteroatoms. The van der Waals surface area contributed by atoms with Gasteiger partial charge in [-0.3, -0.25) is 0 Å². The van der Waals surface area contributed by atoms with E-state index in [1.807, 2.05) is 18.2 Å². The first kappa shape index (κ1) is 15.0. The maximum atomic E-state index is 6.31. The Morgan fingerprint density at radius 3 is 2.79 bits per heavy atom. The molecular formula is C15H22Cl2N2. The fourth-order valence-electron chi connectivity index (χ4n) is 2.78. The van der Waals surface area contributed by atoms with Crippen molar-refractivity contribution in [2.24, 2.45) is 0 Å². The molecule has 0 radical (unpaired) electrons. The molecule has 1 saturated heterocycles. The van der Waals surface area contributed by atoms with Crippen molar-refractivity contribution in [1.29, 1.82) is 0 Å². The number of piperidine rings is 1. The first-order valence-corrected chi connectivity index (χ1v) is 7.82. The van der Waals surface area contributed by atoms with Gasteiger partial charge in [0, 0.05) is 23.7 Å². The molecule has 0 amide bonds. The minimum Gasteiger partial charge on any atom is -0.368 e. The molecule has 0 saturated carbocycles. The van der Waals surface area contributed by atoms with E-state index in [4.69, 9.17) is 23.2 Å². The molecule has 1 fully saturated rings. The van der Waals surface area contributed by atoms with Gasteiger partial charge in [-0.05, 0) is 50.9 Å². The number of hydrogen-bond donors (Lipinski definition) is 1. The summed E-state index contributed by atoms with van der Waals surface area (Å²) in [7, 11) is 0. The zero-order valence-corrected chi connectivity index (χ0v) is 13.1. The highest BCUT2D eigenvalue weighted by Gasteiger charge is 2.26. The molecule has 0 bridgehead atoms. The van der Waals surface area contributed by atoms with E-state index in [9.17, 15) is 0 Å². The van der Waals surface area contributed by atoms with Crippen molar-refractivity contribution in [2.75, 3.05) is 18.0 Å². The molecule has 1 heterocycles. The summed E-state index contributed by atoms with van der Waals surface area (Å²) in [5.41, 5.74) is 1.10. The van der Waals surface area contributed by atoms with Gasteiger partial charge in [0.2, 0.25) is 0 Å². The van der Waals surface area contributed by atoms with Crippen molar-refractivity contribution >= 4 is 28.9 Å². The fraction of sp³-hybridized carbons (Fsp3) is 0.600. The molecule has 1 aliphatic heterocycles. The zero-order valence-electron chi connectivity index (χ0n) is 11.6. The predicted molar refractivity (Wildman–Crippen MR) is 84.6 cm³/mol. The third-order valence-electron chi connectivity index (χ3n) is 3.78. The van der Waals surface area contributed by atoms with Crippen molar-refractivity contribution in [3.05, 3.63) is 28.2 Å². The van der Waals surface area contributed by atoms with Crippen molar-refractivity contribution in [1.82, 2.24) is 5.32 Å². The van der Waals surface area contributed by atoms with E-state index in [2.05, 4.69) is 24.1 Å². The van der Waals surface area contributed by atoms with Crippen LogP contribution < -0.4 is 10.2 Å². The highest BCUT2D eigenvalue weighted by atomic mass is 35.5. The van der Waals surface area contributed by atoms with Crippen LogP contribution in [0.1, 0.15) is 33.1 Å². The molecule has 1 aliphatic rings. The Kier molecular flexibility index (Phi) is 5.37.